The van der Waals surface area contributed by atoms with Gasteiger partial charge in [0, 0.05) is 0 Å². The Morgan fingerprint density at radius 2 is 1.26 bits per heavy atom. The first-order valence-electron chi connectivity index (χ1n) is 14.2. The third-order valence-corrected chi connectivity index (χ3v) is 6.40. The van der Waals surface area contributed by atoms with Crippen LogP contribution in [0.5, 0.6) is 0 Å². The molecule has 206 valence electrons. The van der Waals surface area contributed by atoms with Gasteiger partial charge in [0.2, 0.25) is 5.91 Å². The van der Waals surface area contributed by atoms with Crippen LogP contribution in [0.4, 0.5) is 0 Å². The Kier molecular flexibility index (Phi) is 23.6. The number of carbonyl (C=O) groups is 1. The van der Waals surface area contributed by atoms with E-state index in [9.17, 15) is 25.2 Å². The number of rotatable bonds is 24. The van der Waals surface area contributed by atoms with E-state index in [1.54, 1.807) is 0 Å². The molecule has 1 amide bonds. The highest BCUT2D eigenvalue weighted by atomic mass is 16.3. The van der Waals surface area contributed by atoms with E-state index in [0.29, 0.717) is 19.3 Å². The number of hydrogen-bond donors (Lipinski definition) is 5. The van der Waals surface area contributed by atoms with E-state index in [1.165, 1.54) is 44.9 Å². The Hall–Kier alpha value is -1.21. The summed E-state index contributed by atoms with van der Waals surface area (Å²) in [6.07, 6.45) is 22.1. The van der Waals surface area contributed by atoms with Crippen LogP contribution in [0.1, 0.15) is 123 Å². The minimum atomic E-state index is -1.28. The summed E-state index contributed by atoms with van der Waals surface area (Å²) >= 11 is 0. The standard InChI is InChI=1S/C29H55NO5/c1-3-5-7-9-11-13-15-17-19-21-23-27(33)29(35)30-25(24-31)28(34)26(32)22-20-18-16-14-12-10-8-6-4-2/h6,8,14,16,25-28,31-34H,3-5,7,9-13,15,17-24H2,1-2H3,(H,30,35)/b8-6+,16-14+. The Balaban J connectivity index is 4.02. The SMILES string of the molecule is CC/C=C/CC/C=C/CCCC(O)C(O)C(CO)NC(=O)C(O)CCCCCCCCCCCC. The van der Waals surface area contributed by atoms with Gasteiger partial charge in [-0.2, -0.15) is 0 Å². The first-order valence-corrected chi connectivity index (χ1v) is 14.2. The minimum absolute atomic E-state index is 0.361. The largest absolute Gasteiger partial charge is 0.394 e. The van der Waals surface area contributed by atoms with Crippen LogP contribution in [0.2, 0.25) is 0 Å². The van der Waals surface area contributed by atoms with Crippen molar-refractivity contribution >= 4 is 5.91 Å². The average molecular weight is 498 g/mol. The Bertz CT molecular complexity index is 537. The van der Waals surface area contributed by atoms with Crippen LogP contribution in [-0.2, 0) is 4.79 Å². The monoisotopic (exact) mass is 497 g/mol. The lowest BCUT2D eigenvalue weighted by atomic mass is 10.00. The average Bonchev–Trinajstić information content (AvgIpc) is 2.86. The minimum Gasteiger partial charge on any atom is -0.394 e. The molecular weight excluding hydrogens is 442 g/mol. The molecule has 0 aliphatic heterocycles. The fourth-order valence-electron chi connectivity index (χ4n) is 4.07. The molecule has 0 aromatic rings. The fourth-order valence-corrected chi connectivity index (χ4v) is 4.07. The van der Waals surface area contributed by atoms with Gasteiger partial charge in [0.05, 0.1) is 18.8 Å². The first-order chi connectivity index (χ1) is 17.0. The predicted octanol–water partition coefficient (Wildman–Crippen LogP) is 5.33. The summed E-state index contributed by atoms with van der Waals surface area (Å²) in [7, 11) is 0. The highest BCUT2D eigenvalue weighted by molar-refractivity contribution is 5.80. The third-order valence-electron chi connectivity index (χ3n) is 6.40. The quantitative estimate of drug-likeness (QED) is 0.0914. The van der Waals surface area contributed by atoms with Crippen LogP contribution in [0.3, 0.4) is 0 Å². The number of aliphatic hydroxyl groups excluding tert-OH is 4. The van der Waals surface area contributed by atoms with Gasteiger partial charge in [0.1, 0.15) is 12.2 Å². The van der Waals surface area contributed by atoms with Crippen molar-refractivity contribution in [3.05, 3.63) is 24.3 Å². The zero-order chi connectivity index (χ0) is 26.2. The number of hydrogen-bond acceptors (Lipinski definition) is 5. The normalized spacial score (nSPS) is 15.5. The van der Waals surface area contributed by atoms with E-state index in [2.05, 4.69) is 43.5 Å². The van der Waals surface area contributed by atoms with Crippen molar-refractivity contribution < 1.29 is 25.2 Å². The number of allylic oxidation sites excluding steroid dienone is 4. The van der Waals surface area contributed by atoms with Crippen molar-refractivity contribution in [1.82, 2.24) is 5.32 Å². The molecule has 0 bridgehead atoms. The van der Waals surface area contributed by atoms with Crippen molar-refractivity contribution in [3.8, 4) is 0 Å². The maximum atomic E-state index is 12.3. The molecule has 0 aromatic heterocycles. The molecule has 0 fully saturated rings. The van der Waals surface area contributed by atoms with Gasteiger partial charge >= 0.3 is 0 Å². The molecule has 0 aliphatic carbocycles. The van der Waals surface area contributed by atoms with Gasteiger partial charge in [-0.15, -0.1) is 0 Å². The van der Waals surface area contributed by atoms with E-state index in [4.69, 9.17) is 0 Å². The molecule has 4 atom stereocenters. The molecule has 6 heteroatoms. The number of unbranched alkanes of at least 4 members (excludes halogenated alkanes) is 11. The van der Waals surface area contributed by atoms with Crippen LogP contribution < -0.4 is 5.32 Å². The fraction of sp³-hybridized carbons (Fsp3) is 0.828. The van der Waals surface area contributed by atoms with Crippen molar-refractivity contribution in [1.29, 1.82) is 0 Å². The summed E-state index contributed by atoms with van der Waals surface area (Å²) in [6.45, 7) is 3.83. The summed E-state index contributed by atoms with van der Waals surface area (Å²) in [5.74, 6) is -0.605. The molecule has 0 radical (unpaired) electrons. The topological polar surface area (TPSA) is 110 Å². The lowest BCUT2D eigenvalue weighted by molar-refractivity contribution is -0.132. The van der Waals surface area contributed by atoms with Crippen molar-refractivity contribution in [2.75, 3.05) is 6.61 Å². The molecule has 0 aliphatic rings. The molecule has 35 heavy (non-hydrogen) atoms. The van der Waals surface area contributed by atoms with E-state index in [0.717, 1.165) is 44.9 Å². The Morgan fingerprint density at radius 3 is 1.83 bits per heavy atom. The van der Waals surface area contributed by atoms with Gasteiger partial charge in [0.25, 0.3) is 0 Å². The van der Waals surface area contributed by atoms with Gasteiger partial charge in [-0.1, -0.05) is 102 Å². The van der Waals surface area contributed by atoms with Crippen molar-refractivity contribution in [2.24, 2.45) is 0 Å². The Labute approximate surface area is 214 Å². The Morgan fingerprint density at radius 1 is 0.714 bits per heavy atom. The molecule has 0 heterocycles. The maximum absolute atomic E-state index is 12.3. The number of amides is 1. The molecule has 0 saturated heterocycles. The van der Waals surface area contributed by atoms with Crippen LogP contribution >= 0.6 is 0 Å². The molecule has 5 N–H and O–H groups in total. The second-order valence-corrected chi connectivity index (χ2v) is 9.70. The molecular formula is C29H55NO5. The number of aliphatic hydroxyl groups is 4. The molecule has 0 saturated carbocycles. The molecule has 0 rings (SSSR count). The summed E-state index contributed by atoms with van der Waals surface area (Å²) in [5, 5.41) is 42.9. The second kappa shape index (κ2) is 24.5. The lowest BCUT2D eigenvalue weighted by Crippen LogP contribution is -2.53. The van der Waals surface area contributed by atoms with Crippen LogP contribution in [0.15, 0.2) is 24.3 Å². The first kappa shape index (κ1) is 33.8. The van der Waals surface area contributed by atoms with Crippen LogP contribution in [0, 0.1) is 0 Å². The van der Waals surface area contributed by atoms with Crippen LogP contribution in [0.25, 0.3) is 0 Å². The maximum Gasteiger partial charge on any atom is 0.249 e. The third kappa shape index (κ3) is 19.6. The predicted molar refractivity (Wildman–Crippen MR) is 145 cm³/mol. The molecule has 0 spiro atoms. The van der Waals surface area contributed by atoms with Crippen LogP contribution in [-0.4, -0.2) is 57.3 Å². The van der Waals surface area contributed by atoms with E-state index in [1.807, 2.05) is 0 Å². The van der Waals surface area contributed by atoms with Crippen molar-refractivity contribution in [2.45, 2.75) is 147 Å². The van der Waals surface area contributed by atoms with Gasteiger partial charge in [-0.3, -0.25) is 4.79 Å². The second-order valence-electron chi connectivity index (χ2n) is 9.70. The van der Waals surface area contributed by atoms with Gasteiger partial charge in [-0.25, -0.2) is 0 Å². The summed E-state index contributed by atoms with van der Waals surface area (Å²) in [6, 6.07) is -0.999. The zero-order valence-electron chi connectivity index (χ0n) is 22.5. The van der Waals surface area contributed by atoms with E-state index >= 15 is 0 Å². The van der Waals surface area contributed by atoms with Gasteiger partial charge in [-0.05, 0) is 44.9 Å². The zero-order valence-corrected chi connectivity index (χ0v) is 22.5. The lowest BCUT2D eigenvalue weighted by Gasteiger charge is -2.27. The highest BCUT2D eigenvalue weighted by Gasteiger charge is 2.28. The molecule has 6 nitrogen and oxygen atoms in total. The van der Waals surface area contributed by atoms with Gasteiger partial charge < -0.3 is 25.7 Å². The summed E-state index contributed by atoms with van der Waals surface area (Å²) in [5.41, 5.74) is 0. The number of carbonyl (C=O) groups excluding carboxylic acids is 1. The van der Waals surface area contributed by atoms with Gasteiger partial charge in [0.15, 0.2) is 0 Å². The molecule has 0 aromatic carbocycles. The smallest absolute Gasteiger partial charge is 0.249 e. The summed E-state index contributed by atoms with van der Waals surface area (Å²) in [4.78, 5) is 12.3. The highest BCUT2D eigenvalue weighted by Crippen LogP contribution is 2.13. The van der Waals surface area contributed by atoms with E-state index < -0.39 is 36.9 Å². The summed E-state index contributed by atoms with van der Waals surface area (Å²) < 4.78 is 0. The van der Waals surface area contributed by atoms with Crippen molar-refractivity contribution in [3.63, 3.8) is 0 Å². The van der Waals surface area contributed by atoms with E-state index in [-0.39, 0.29) is 0 Å². The number of nitrogens with one attached hydrogen (secondary N) is 1. The molecule has 4 unspecified atom stereocenters.